The molecule has 0 heterocycles. The highest BCUT2D eigenvalue weighted by Gasteiger charge is 2.20. The number of hydrogen-bond acceptors (Lipinski definition) is 3. The average molecular weight is 433 g/mol. The topological polar surface area (TPSA) is 51.2 Å². The van der Waals surface area contributed by atoms with Crippen molar-refractivity contribution in [1.82, 2.24) is 0 Å². The Hall–Kier alpha value is -0.0400. The third-order valence-electron chi connectivity index (χ3n) is 1.73. The maximum atomic E-state index is 11.3. The smallest absolute Gasteiger partial charge is 0.230 e. The van der Waals surface area contributed by atoms with Crippen LogP contribution in [-0.2, 0) is 0 Å². The maximum Gasteiger partial charge on any atom is 0.230 e. The zero-order chi connectivity index (χ0) is 12.5. The molecule has 0 aromatic heterocycles. The molecule has 0 radical (unpaired) electrons. The maximum absolute atomic E-state index is 11.3. The van der Waals surface area contributed by atoms with Crippen molar-refractivity contribution in [3.8, 4) is 0 Å². The predicted molar refractivity (Wildman–Crippen MR) is 71.2 cm³/mol. The first kappa shape index (κ1) is 14.0. The summed E-state index contributed by atoms with van der Waals surface area (Å²) >= 11 is 14.0. The summed E-state index contributed by atoms with van der Waals surface area (Å²) in [5.41, 5.74) is 0.267. The van der Waals surface area contributed by atoms with Crippen molar-refractivity contribution in [2.75, 3.05) is 0 Å². The number of carbonyl (C=O) groups is 3. The van der Waals surface area contributed by atoms with Gasteiger partial charge in [0.2, 0.25) is 14.1 Å². The Morgan fingerprint density at radius 3 is 1.88 bits per heavy atom. The normalized spacial score (nSPS) is 10.0. The standard InChI is InChI=1S/C9H2Br3ClO3/c10-7(14)3-1-4(8(11)15)6(9(12)16)5(13)2-3/h1-2H. The Morgan fingerprint density at radius 2 is 1.50 bits per heavy atom. The van der Waals surface area contributed by atoms with Gasteiger partial charge >= 0.3 is 0 Å². The lowest BCUT2D eigenvalue weighted by Gasteiger charge is -2.06. The van der Waals surface area contributed by atoms with Crippen LogP contribution in [-0.4, -0.2) is 14.1 Å². The van der Waals surface area contributed by atoms with E-state index < -0.39 is 14.1 Å². The number of benzene rings is 1. The Balaban J connectivity index is 3.58. The van der Waals surface area contributed by atoms with E-state index in [-0.39, 0.29) is 21.7 Å². The minimum atomic E-state index is -0.521. The Labute approximate surface area is 121 Å². The molecule has 16 heavy (non-hydrogen) atoms. The van der Waals surface area contributed by atoms with Crippen LogP contribution in [0.25, 0.3) is 0 Å². The highest BCUT2D eigenvalue weighted by molar-refractivity contribution is 9.19. The number of halogens is 4. The molecule has 1 aromatic rings. The van der Waals surface area contributed by atoms with Crippen LogP contribution in [0.1, 0.15) is 31.1 Å². The van der Waals surface area contributed by atoms with Gasteiger partial charge in [0.05, 0.1) is 10.6 Å². The molecule has 0 atom stereocenters. The molecular formula is C9H2Br3ClO3. The summed E-state index contributed by atoms with van der Waals surface area (Å²) in [7, 11) is 0. The van der Waals surface area contributed by atoms with E-state index in [1.807, 2.05) is 0 Å². The summed E-state index contributed by atoms with van der Waals surface area (Å²) in [4.78, 5) is 33.6. The van der Waals surface area contributed by atoms with Crippen LogP contribution < -0.4 is 0 Å². The van der Waals surface area contributed by atoms with Gasteiger partial charge < -0.3 is 0 Å². The van der Waals surface area contributed by atoms with Crippen molar-refractivity contribution in [3.05, 3.63) is 33.8 Å². The second-order valence-electron chi connectivity index (χ2n) is 2.70. The first-order chi connectivity index (χ1) is 7.34. The minimum absolute atomic E-state index is 0.0287. The molecule has 0 aliphatic heterocycles. The Bertz CT molecular complexity index is 499. The van der Waals surface area contributed by atoms with Gasteiger partial charge in [-0.2, -0.15) is 0 Å². The van der Waals surface area contributed by atoms with Crippen molar-refractivity contribution in [2.24, 2.45) is 0 Å². The lowest BCUT2D eigenvalue weighted by Crippen LogP contribution is -2.04. The fraction of sp³-hybridized carbons (Fsp3) is 0. The number of rotatable bonds is 3. The van der Waals surface area contributed by atoms with Crippen LogP contribution in [0, 0.1) is 0 Å². The van der Waals surface area contributed by atoms with Gasteiger partial charge in [0.25, 0.3) is 0 Å². The Kier molecular flexibility index (Phi) is 4.85. The molecule has 0 unspecified atom stereocenters. The van der Waals surface area contributed by atoms with Gasteiger partial charge in [0.15, 0.2) is 0 Å². The van der Waals surface area contributed by atoms with Crippen LogP contribution in [0.15, 0.2) is 12.1 Å². The predicted octanol–water partition coefficient (Wildman–Crippen LogP) is 3.95. The average Bonchev–Trinajstić information content (AvgIpc) is 2.15. The quantitative estimate of drug-likeness (QED) is 0.679. The summed E-state index contributed by atoms with van der Waals surface area (Å²) in [5.74, 6) is 0. The molecule has 84 valence electrons. The molecule has 1 rings (SSSR count). The van der Waals surface area contributed by atoms with E-state index in [0.717, 1.165) is 0 Å². The number of hydrogen-bond donors (Lipinski definition) is 0. The van der Waals surface area contributed by atoms with Gasteiger partial charge in [-0.1, -0.05) is 11.6 Å². The Morgan fingerprint density at radius 1 is 0.938 bits per heavy atom. The van der Waals surface area contributed by atoms with Gasteiger partial charge in [-0.05, 0) is 59.9 Å². The first-order valence-corrected chi connectivity index (χ1v) is 6.53. The SMILES string of the molecule is O=C(Br)c1cc(Cl)c(C(=O)Br)c(C(=O)Br)c1. The van der Waals surface area contributed by atoms with Crippen LogP contribution >= 0.6 is 59.4 Å². The largest absolute Gasteiger partial charge is 0.281 e. The summed E-state index contributed by atoms with van der Waals surface area (Å²) in [5, 5.41) is 0.0370. The van der Waals surface area contributed by atoms with Crippen molar-refractivity contribution < 1.29 is 14.4 Å². The van der Waals surface area contributed by atoms with E-state index in [2.05, 4.69) is 47.8 Å². The molecule has 0 aliphatic carbocycles. The molecule has 1 aromatic carbocycles. The van der Waals surface area contributed by atoms with Crippen molar-refractivity contribution in [2.45, 2.75) is 0 Å². The van der Waals surface area contributed by atoms with Crippen molar-refractivity contribution in [1.29, 1.82) is 0 Å². The van der Waals surface area contributed by atoms with Crippen LogP contribution in [0.3, 0.4) is 0 Å². The highest BCUT2D eigenvalue weighted by Crippen LogP contribution is 2.27. The van der Waals surface area contributed by atoms with E-state index in [1.165, 1.54) is 12.1 Å². The summed E-state index contributed by atoms with van der Waals surface area (Å²) in [6, 6.07) is 2.60. The summed E-state index contributed by atoms with van der Waals surface area (Å²) in [6.45, 7) is 0. The second-order valence-corrected chi connectivity index (χ2v) is 5.27. The molecule has 7 heteroatoms. The summed E-state index contributed by atoms with van der Waals surface area (Å²) < 4.78 is -1.46. The zero-order valence-corrected chi connectivity index (χ0v) is 12.9. The highest BCUT2D eigenvalue weighted by atomic mass is 79.9. The van der Waals surface area contributed by atoms with E-state index in [4.69, 9.17) is 11.6 Å². The molecule has 0 aliphatic rings. The van der Waals surface area contributed by atoms with Crippen molar-refractivity contribution >= 4 is 73.5 Å². The lowest BCUT2D eigenvalue weighted by molar-refractivity contribution is 0.106. The molecule has 0 N–H and O–H groups in total. The fourth-order valence-corrected chi connectivity index (χ4v) is 2.46. The van der Waals surface area contributed by atoms with E-state index >= 15 is 0 Å². The fourth-order valence-electron chi connectivity index (χ4n) is 1.07. The molecule has 0 amide bonds. The van der Waals surface area contributed by atoms with E-state index in [9.17, 15) is 14.4 Å². The molecule has 0 fully saturated rings. The third kappa shape index (κ3) is 3.00. The molecular weight excluding hydrogens is 431 g/mol. The van der Waals surface area contributed by atoms with E-state index in [1.54, 1.807) is 0 Å². The molecule has 0 spiro atoms. The van der Waals surface area contributed by atoms with Gasteiger partial charge in [-0.3, -0.25) is 14.4 Å². The van der Waals surface area contributed by atoms with E-state index in [0.29, 0.717) is 0 Å². The molecule has 0 bridgehead atoms. The monoisotopic (exact) mass is 430 g/mol. The first-order valence-electron chi connectivity index (χ1n) is 3.77. The zero-order valence-electron chi connectivity index (χ0n) is 7.39. The van der Waals surface area contributed by atoms with Crippen LogP contribution in [0.5, 0.6) is 0 Å². The number of carbonyl (C=O) groups excluding carboxylic acids is 3. The molecule has 0 saturated heterocycles. The minimum Gasteiger partial charge on any atom is -0.281 e. The van der Waals surface area contributed by atoms with Gasteiger partial charge in [-0.25, -0.2) is 0 Å². The van der Waals surface area contributed by atoms with Gasteiger partial charge in [0, 0.05) is 11.1 Å². The lowest BCUT2D eigenvalue weighted by atomic mass is 10.1. The van der Waals surface area contributed by atoms with Crippen molar-refractivity contribution in [3.63, 3.8) is 0 Å². The molecule has 0 saturated carbocycles. The summed E-state index contributed by atoms with van der Waals surface area (Å²) in [6.07, 6.45) is 0. The van der Waals surface area contributed by atoms with Crippen LogP contribution in [0.4, 0.5) is 0 Å². The second kappa shape index (κ2) is 5.53. The molecule has 3 nitrogen and oxygen atoms in total. The van der Waals surface area contributed by atoms with Gasteiger partial charge in [0.1, 0.15) is 0 Å². The van der Waals surface area contributed by atoms with Gasteiger partial charge in [-0.15, -0.1) is 0 Å². The third-order valence-corrected chi connectivity index (χ3v) is 3.31. The van der Waals surface area contributed by atoms with Crippen LogP contribution in [0.2, 0.25) is 5.02 Å².